The summed E-state index contributed by atoms with van der Waals surface area (Å²) in [6.45, 7) is 5.28. The van der Waals surface area contributed by atoms with Crippen LogP contribution in [-0.2, 0) is 14.3 Å². The van der Waals surface area contributed by atoms with Crippen molar-refractivity contribution in [3.8, 4) is 5.69 Å². The highest BCUT2D eigenvalue weighted by Gasteiger charge is 2.33. The predicted octanol–water partition coefficient (Wildman–Crippen LogP) is 4.08. The van der Waals surface area contributed by atoms with E-state index in [9.17, 15) is 9.59 Å². The molecule has 0 unspecified atom stereocenters. The van der Waals surface area contributed by atoms with E-state index in [0.717, 1.165) is 48.1 Å². The molecule has 1 aromatic carbocycles. The first-order valence-electron chi connectivity index (χ1n) is 11.3. The van der Waals surface area contributed by atoms with Gasteiger partial charge in [-0.25, -0.2) is 9.48 Å². The summed E-state index contributed by atoms with van der Waals surface area (Å²) in [5.41, 5.74) is 3.63. The second-order valence-electron chi connectivity index (χ2n) is 8.71. The maximum Gasteiger partial charge on any atom is 0.331 e. The summed E-state index contributed by atoms with van der Waals surface area (Å²) in [5, 5.41) is 4.58. The number of carbonyl (C=O) groups excluding carboxylic acids is 2. The number of amides is 1. The fourth-order valence-electron chi connectivity index (χ4n) is 4.97. The number of aromatic nitrogens is 2. The number of hydrogen-bond donors (Lipinski definition) is 0. The molecular weight excluding hydrogens is 390 g/mol. The van der Waals surface area contributed by atoms with Crippen LogP contribution >= 0.6 is 0 Å². The Kier molecular flexibility index (Phi) is 6.54. The minimum Gasteiger partial charge on any atom is -0.452 e. The highest BCUT2D eigenvalue weighted by atomic mass is 16.5. The van der Waals surface area contributed by atoms with E-state index in [2.05, 4.69) is 5.10 Å². The summed E-state index contributed by atoms with van der Waals surface area (Å²) in [6, 6.07) is 9.87. The van der Waals surface area contributed by atoms with Crippen LogP contribution in [0.15, 0.2) is 36.4 Å². The molecule has 4 rings (SSSR count). The van der Waals surface area contributed by atoms with Crippen LogP contribution in [0.4, 0.5) is 0 Å². The van der Waals surface area contributed by atoms with E-state index in [1.807, 2.05) is 53.8 Å². The van der Waals surface area contributed by atoms with Crippen LogP contribution in [0.1, 0.15) is 49.1 Å². The zero-order valence-corrected chi connectivity index (χ0v) is 18.4. The van der Waals surface area contributed by atoms with Crippen molar-refractivity contribution in [2.45, 2.75) is 46.0 Å². The van der Waals surface area contributed by atoms with Crippen LogP contribution in [0.25, 0.3) is 11.8 Å². The van der Waals surface area contributed by atoms with Gasteiger partial charge in [-0.2, -0.15) is 5.10 Å². The molecule has 2 fully saturated rings. The molecule has 31 heavy (non-hydrogen) atoms. The van der Waals surface area contributed by atoms with Gasteiger partial charge in [0.25, 0.3) is 5.91 Å². The van der Waals surface area contributed by atoms with Gasteiger partial charge in [-0.3, -0.25) is 4.79 Å². The first kappa shape index (κ1) is 21.3. The van der Waals surface area contributed by atoms with Crippen LogP contribution in [-0.4, -0.2) is 46.3 Å². The molecule has 1 aliphatic heterocycles. The van der Waals surface area contributed by atoms with E-state index in [0.29, 0.717) is 5.92 Å². The molecule has 0 bridgehead atoms. The average Bonchev–Trinajstić information content (AvgIpc) is 3.09. The molecular formula is C25H31N3O3. The lowest BCUT2D eigenvalue weighted by Gasteiger charge is -2.41. The van der Waals surface area contributed by atoms with Gasteiger partial charge in [0.2, 0.25) is 0 Å². The van der Waals surface area contributed by atoms with E-state index in [-0.39, 0.29) is 12.5 Å². The third-order valence-corrected chi connectivity index (χ3v) is 6.72. The average molecular weight is 422 g/mol. The third-order valence-electron chi connectivity index (χ3n) is 6.72. The number of carbonyl (C=O) groups is 2. The number of hydrogen-bond acceptors (Lipinski definition) is 4. The topological polar surface area (TPSA) is 64.4 Å². The Bertz CT molecular complexity index is 964. The minimum atomic E-state index is -0.507. The lowest BCUT2D eigenvalue weighted by molar-refractivity contribution is -0.149. The number of esters is 1. The molecule has 2 heterocycles. The molecule has 1 aliphatic carbocycles. The van der Waals surface area contributed by atoms with E-state index in [4.69, 9.17) is 4.74 Å². The van der Waals surface area contributed by atoms with Crippen LogP contribution in [0.3, 0.4) is 0 Å². The van der Waals surface area contributed by atoms with Crippen LogP contribution in [0.2, 0.25) is 0 Å². The molecule has 2 atom stereocenters. The Hall–Kier alpha value is -2.89. The largest absolute Gasteiger partial charge is 0.452 e. The van der Waals surface area contributed by atoms with Gasteiger partial charge >= 0.3 is 5.97 Å². The lowest BCUT2D eigenvalue weighted by atomic mass is 9.75. The highest BCUT2D eigenvalue weighted by Crippen LogP contribution is 2.36. The molecule has 0 N–H and O–H groups in total. The molecule has 1 aromatic heterocycles. The first-order chi connectivity index (χ1) is 15.0. The van der Waals surface area contributed by atoms with Crippen molar-refractivity contribution in [2.24, 2.45) is 11.8 Å². The maximum absolute atomic E-state index is 12.5. The number of nitrogens with zero attached hydrogens (tertiary/aromatic N) is 3. The van der Waals surface area contributed by atoms with Gasteiger partial charge in [-0.1, -0.05) is 37.5 Å². The Labute approximate surface area is 183 Å². The van der Waals surface area contributed by atoms with E-state index in [1.165, 1.54) is 31.8 Å². The van der Waals surface area contributed by atoms with Gasteiger partial charge in [-0.15, -0.1) is 0 Å². The summed E-state index contributed by atoms with van der Waals surface area (Å²) >= 11 is 0. The maximum atomic E-state index is 12.5. The number of benzene rings is 1. The van der Waals surface area contributed by atoms with Crippen LogP contribution < -0.4 is 0 Å². The number of likely N-dealkylation sites (tertiary alicyclic amines) is 1. The van der Waals surface area contributed by atoms with Gasteiger partial charge in [-0.05, 0) is 56.7 Å². The van der Waals surface area contributed by atoms with Gasteiger partial charge < -0.3 is 9.64 Å². The Morgan fingerprint density at radius 2 is 1.84 bits per heavy atom. The number of rotatable bonds is 5. The van der Waals surface area contributed by atoms with Crippen molar-refractivity contribution in [2.75, 3.05) is 19.7 Å². The van der Waals surface area contributed by atoms with Crippen LogP contribution in [0.5, 0.6) is 0 Å². The quantitative estimate of drug-likeness (QED) is 0.539. The summed E-state index contributed by atoms with van der Waals surface area (Å²) in [6.07, 6.45) is 9.28. The lowest BCUT2D eigenvalue weighted by Crippen LogP contribution is -2.46. The monoisotopic (exact) mass is 421 g/mol. The van der Waals surface area contributed by atoms with Crippen molar-refractivity contribution in [3.63, 3.8) is 0 Å². The van der Waals surface area contributed by atoms with E-state index in [1.54, 1.807) is 6.08 Å². The van der Waals surface area contributed by atoms with Crippen molar-refractivity contribution < 1.29 is 14.3 Å². The summed E-state index contributed by atoms with van der Waals surface area (Å²) in [4.78, 5) is 26.6. The SMILES string of the molecule is Cc1nn(-c2ccccc2)c(C)c1/C=C/C(=O)OCC(=O)N1CC[C@@H]2CCCC[C@@H]2C1. The standard InChI is InChI=1S/C25H31N3O3/c1-18-23(19(2)28(26-18)22-10-4-3-5-11-22)12-13-25(30)31-17-24(29)27-15-14-20-8-6-7-9-21(20)16-27/h3-5,10-13,20-21H,6-9,14-17H2,1-2H3/b13-12+/t20-,21+/m0/s1. The molecule has 1 saturated carbocycles. The first-order valence-corrected chi connectivity index (χ1v) is 11.3. The van der Waals surface area contributed by atoms with Crippen molar-refractivity contribution in [3.05, 3.63) is 53.4 Å². The Morgan fingerprint density at radius 3 is 2.61 bits per heavy atom. The fourth-order valence-corrected chi connectivity index (χ4v) is 4.97. The molecule has 0 spiro atoms. The number of piperidine rings is 1. The smallest absolute Gasteiger partial charge is 0.331 e. The summed E-state index contributed by atoms with van der Waals surface area (Å²) < 4.78 is 7.10. The Morgan fingerprint density at radius 1 is 1.10 bits per heavy atom. The van der Waals surface area contributed by atoms with E-state index < -0.39 is 5.97 Å². The van der Waals surface area contributed by atoms with Crippen molar-refractivity contribution in [1.82, 2.24) is 14.7 Å². The van der Waals surface area contributed by atoms with E-state index >= 15 is 0 Å². The van der Waals surface area contributed by atoms with Gasteiger partial charge in [0.05, 0.1) is 11.4 Å². The Balaban J connectivity index is 1.32. The normalized spacial score (nSPS) is 21.2. The minimum absolute atomic E-state index is 0.0879. The fraction of sp³-hybridized carbons (Fsp3) is 0.480. The summed E-state index contributed by atoms with van der Waals surface area (Å²) in [7, 11) is 0. The van der Waals surface area contributed by atoms with Gasteiger partial charge in [0, 0.05) is 30.4 Å². The molecule has 6 nitrogen and oxygen atoms in total. The second kappa shape index (κ2) is 9.50. The number of fused-ring (bicyclic) bond motifs is 1. The molecule has 0 radical (unpaired) electrons. The second-order valence-corrected chi connectivity index (χ2v) is 8.71. The number of aryl methyl sites for hydroxylation is 1. The zero-order valence-electron chi connectivity index (χ0n) is 18.4. The van der Waals surface area contributed by atoms with Gasteiger partial charge in [0.1, 0.15) is 0 Å². The van der Waals surface area contributed by atoms with Crippen LogP contribution in [0, 0.1) is 25.7 Å². The molecule has 2 aliphatic rings. The molecule has 1 amide bonds. The predicted molar refractivity (Wildman–Crippen MR) is 120 cm³/mol. The zero-order chi connectivity index (χ0) is 21.8. The van der Waals surface area contributed by atoms with Crippen molar-refractivity contribution in [1.29, 1.82) is 0 Å². The molecule has 1 saturated heterocycles. The number of para-hydroxylation sites is 1. The summed E-state index contributed by atoms with van der Waals surface area (Å²) in [5.74, 6) is 0.794. The molecule has 6 heteroatoms. The van der Waals surface area contributed by atoms with Crippen molar-refractivity contribution >= 4 is 18.0 Å². The molecule has 164 valence electrons. The highest BCUT2D eigenvalue weighted by molar-refractivity contribution is 5.89. The number of ether oxygens (including phenoxy) is 1. The third kappa shape index (κ3) is 4.89. The molecule has 2 aromatic rings. The van der Waals surface area contributed by atoms with Gasteiger partial charge in [0.15, 0.2) is 6.61 Å².